The molecule has 0 aromatic heterocycles. The summed E-state index contributed by atoms with van der Waals surface area (Å²) < 4.78 is 5.40. The van der Waals surface area contributed by atoms with E-state index in [4.69, 9.17) is 10.5 Å². The molecule has 1 aromatic carbocycles. The fourth-order valence-corrected chi connectivity index (χ4v) is 2.75. The molecule has 1 aromatic rings. The Bertz CT molecular complexity index is 448. The van der Waals surface area contributed by atoms with E-state index in [2.05, 4.69) is 19.1 Å². The fourth-order valence-electron chi connectivity index (χ4n) is 2.75. The highest BCUT2D eigenvalue weighted by Gasteiger charge is 2.29. The summed E-state index contributed by atoms with van der Waals surface area (Å²) in [5.74, 6) is 0.144. The first kappa shape index (κ1) is 15.0. The lowest BCUT2D eigenvalue weighted by Gasteiger charge is -2.36. The molecule has 0 aliphatic carbocycles. The number of ether oxygens (including phenoxy) is 1. The van der Waals surface area contributed by atoms with Crippen LogP contribution in [0.4, 0.5) is 0 Å². The van der Waals surface area contributed by atoms with Gasteiger partial charge in [0.2, 0.25) is 5.91 Å². The van der Waals surface area contributed by atoms with Crippen LogP contribution in [-0.4, -0.2) is 37.1 Å². The molecule has 4 heteroatoms. The number of rotatable bonds is 6. The largest absolute Gasteiger partial charge is 0.381 e. The Morgan fingerprint density at radius 1 is 1.40 bits per heavy atom. The third-order valence-electron chi connectivity index (χ3n) is 3.76. The number of carbonyl (C=O) groups excluding carboxylic acids is 1. The molecular weight excluding hydrogens is 252 g/mol. The number of carbonyl (C=O) groups is 1. The lowest BCUT2D eigenvalue weighted by atomic mass is 9.92. The first-order valence-corrected chi connectivity index (χ1v) is 7.43. The molecule has 1 atom stereocenters. The van der Waals surface area contributed by atoms with Gasteiger partial charge in [0.1, 0.15) is 0 Å². The molecule has 1 unspecified atom stereocenters. The number of hydrogen-bond acceptors (Lipinski definition) is 3. The van der Waals surface area contributed by atoms with Crippen LogP contribution in [0.1, 0.15) is 36.9 Å². The fraction of sp³-hybridized carbons (Fsp3) is 0.562. The van der Waals surface area contributed by atoms with Gasteiger partial charge in [-0.1, -0.05) is 31.2 Å². The van der Waals surface area contributed by atoms with Crippen molar-refractivity contribution in [3.63, 3.8) is 0 Å². The van der Waals surface area contributed by atoms with Gasteiger partial charge in [0.25, 0.3) is 0 Å². The molecule has 0 radical (unpaired) electrons. The molecule has 2 N–H and O–H groups in total. The Labute approximate surface area is 120 Å². The van der Waals surface area contributed by atoms with E-state index in [1.54, 1.807) is 0 Å². The molecule has 0 fully saturated rings. The van der Waals surface area contributed by atoms with Crippen LogP contribution in [0.15, 0.2) is 24.3 Å². The number of fused-ring (bicyclic) bond motifs is 1. The number of hydrogen-bond donors (Lipinski definition) is 1. The first-order valence-electron chi connectivity index (χ1n) is 7.43. The number of benzene rings is 1. The van der Waals surface area contributed by atoms with Crippen LogP contribution in [0.2, 0.25) is 0 Å². The van der Waals surface area contributed by atoms with Crippen molar-refractivity contribution in [2.24, 2.45) is 5.73 Å². The molecule has 0 saturated heterocycles. The van der Waals surface area contributed by atoms with E-state index in [0.29, 0.717) is 19.6 Å². The number of nitrogens with two attached hydrogens (primary N) is 1. The minimum atomic E-state index is 0.0126. The summed E-state index contributed by atoms with van der Waals surface area (Å²) in [5.41, 5.74) is 8.41. The van der Waals surface area contributed by atoms with Gasteiger partial charge in [-0.2, -0.15) is 0 Å². The highest BCUT2D eigenvalue weighted by atomic mass is 16.5. The molecule has 2 rings (SSSR count). The predicted octanol–water partition coefficient (Wildman–Crippen LogP) is 1.89. The predicted molar refractivity (Wildman–Crippen MR) is 79.4 cm³/mol. The van der Waals surface area contributed by atoms with Crippen LogP contribution in [0.25, 0.3) is 0 Å². The zero-order valence-corrected chi connectivity index (χ0v) is 12.2. The van der Waals surface area contributed by atoms with Crippen LogP contribution >= 0.6 is 0 Å². The molecule has 20 heavy (non-hydrogen) atoms. The van der Waals surface area contributed by atoms with Crippen molar-refractivity contribution in [3.05, 3.63) is 35.4 Å². The summed E-state index contributed by atoms with van der Waals surface area (Å²) in [7, 11) is 0. The van der Waals surface area contributed by atoms with E-state index in [9.17, 15) is 4.79 Å². The van der Waals surface area contributed by atoms with Crippen molar-refractivity contribution >= 4 is 5.91 Å². The summed E-state index contributed by atoms with van der Waals surface area (Å²) in [4.78, 5) is 14.2. The van der Waals surface area contributed by atoms with Crippen molar-refractivity contribution < 1.29 is 9.53 Å². The minimum Gasteiger partial charge on any atom is -0.381 e. The van der Waals surface area contributed by atoms with E-state index < -0.39 is 0 Å². The lowest BCUT2D eigenvalue weighted by molar-refractivity contribution is -0.135. The van der Waals surface area contributed by atoms with Gasteiger partial charge in [-0.05, 0) is 24.0 Å². The van der Waals surface area contributed by atoms with Gasteiger partial charge >= 0.3 is 0 Å². The van der Waals surface area contributed by atoms with Crippen LogP contribution in [0, 0.1) is 0 Å². The van der Waals surface area contributed by atoms with E-state index in [0.717, 1.165) is 26.0 Å². The quantitative estimate of drug-likeness (QED) is 0.807. The van der Waals surface area contributed by atoms with E-state index >= 15 is 0 Å². The summed E-state index contributed by atoms with van der Waals surface area (Å²) in [6, 6.07) is 8.28. The molecule has 0 saturated carbocycles. The molecular formula is C16H24N2O2. The normalized spacial score (nSPS) is 17.9. The van der Waals surface area contributed by atoms with Crippen molar-refractivity contribution in [3.8, 4) is 0 Å². The monoisotopic (exact) mass is 276 g/mol. The smallest absolute Gasteiger partial charge is 0.225 e. The average molecular weight is 276 g/mol. The summed E-state index contributed by atoms with van der Waals surface area (Å²) in [6.45, 7) is 4.51. The molecule has 110 valence electrons. The van der Waals surface area contributed by atoms with Crippen LogP contribution in [-0.2, 0) is 16.0 Å². The second-order valence-electron chi connectivity index (χ2n) is 5.15. The van der Waals surface area contributed by atoms with Gasteiger partial charge in [0.15, 0.2) is 0 Å². The Balaban J connectivity index is 2.00. The van der Waals surface area contributed by atoms with Gasteiger partial charge in [-0.25, -0.2) is 0 Å². The molecule has 4 nitrogen and oxygen atoms in total. The lowest BCUT2D eigenvalue weighted by Crippen LogP contribution is -2.43. The maximum atomic E-state index is 12.3. The third-order valence-corrected chi connectivity index (χ3v) is 3.76. The van der Waals surface area contributed by atoms with E-state index in [1.807, 2.05) is 17.0 Å². The van der Waals surface area contributed by atoms with Crippen molar-refractivity contribution in [2.45, 2.75) is 32.2 Å². The van der Waals surface area contributed by atoms with Crippen LogP contribution < -0.4 is 5.73 Å². The maximum Gasteiger partial charge on any atom is 0.225 e. The van der Waals surface area contributed by atoms with Crippen LogP contribution in [0.5, 0.6) is 0 Å². The number of nitrogens with zero attached hydrogens (tertiary/aromatic N) is 1. The Kier molecular flexibility index (Phi) is 5.56. The summed E-state index contributed by atoms with van der Waals surface area (Å²) in [5, 5.41) is 0. The minimum absolute atomic E-state index is 0.0126. The molecule has 0 bridgehead atoms. The van der Waals surface area contributed by atoms with Gasteiger partial charge in [0, 0.05) is 19.7 Å². The summed E-state index contributed by atoms with van der Waals surface area (Å²) in [6.07, 6.45) is 2.34. The molecule has 1 aliphatic heterocycles. The highest BCUT2D eigenvalue weighted by molar-refractivity contribution is 5.77. The van der Waals surface area contributed by atoms with Crippen molar-refractivity contribution in [1.29, 1.82) is 0 Å². The van der Waals surface area contributed by atoms with E-state index in [-0.39, 0.29) is 11.9 Å². The van der Waals surface area contributed by atoms with Gasteiger partial charge < -0.3 is 15.4 Å². The zero-order chi connectivity index (χ0) is 14.4. The van der Waals surface area contributed by atoms with Gasteiger partial charge in [0.05, 0.1) is 19.1 Å². The number of amides is 1. The molecule has 1 aliphatic rings. The summed E-state index contributed by atoms with van der Waals surface area (Å²) >= 11 is 0. The third kappa shape index (κ3) is 3.38. The first-order chi connectivity index (χ1) is 9.77. The Morgan fingerprint density at radius 3 is 2.95 bits per heavy atom. The standard InChI is InChI=1S/C16H24N2O2/c1-2-10-20-11-8-16(19)18-9-7-13-5-3-4-6-14(13)15(18)12-17/h3-6,15H,2,7-12,17H2,1H3. The zero-order valence-electron chi connectivity index (χ0n) is 12.2. The van der Waals surface area contributed by atoms with E-state index in [1.165, 1.54) is 11.1 Å². The highest BCUT2D eigenvalue weighted by Crippen LogP contribution is 2.29. The topological polar surface area (TPSA) is 55.6 Å². The SMILES string of the molecule is CCCOCCC(=O)N1CCc2ccccc2C1CN. The molecule has 1 amide bonds. The van der Waals surface area contributed by atoms with Crippen molar-refractivity contribution in [1.82, 2.24) is 4.90 Å². The van der Waals surface area contributed by atoms with Crippen LogP contribution in [0.3, 0.4) is 0 Å². The van der Waals surface area contributed by atoms with Crippen molar-refractivity contribution in [2.75, 3.05) is 26.3 Å². The second kappa shape index (κ2) is 7.41. The second-order valence-corrected chi connectivity index (χ2v) is 5.15. The molecule has 1 heterocycles. The van der Waals surface area contributed by atoms with Gasteiger partial charge in [-0.15, -0.1) is 0 Å². The maximum absolute atomic E-state index is 12.3. The Hall–Kier alpha value is -1.39. The average Bonchev–Trinajstić information content (AvgIpc) is 2.50. The van der Waals surface area contributed by atoms with Gasteiger partial charge in [-0.3, -0.25) is 4.79 Å². The Morgan fingerprint density at radius 2 is 2.20 bits per heavy atom. The molecule has 0 spiro atoms.